The third-order valence-electron chi connectivity index (χ3n) is 6.58. The zero-order valence-electron chi connectivity index (χ0n) is 20.4. The second-order valence-electron chi connectivity index (χ2n) is 8.85. The highest BCUT2D eigenvalue weighted by atomic mass is 32.1. The lowest BCUT2D eigenvalue weighted by molar-refractivity contribution is -0.119. The van der Waals surface area contributed by atoms with Crippen LogP contribution in [0.25, 0.3) is 10.2 Å². The summed E-state index contributed by atoms with van der Waals surface area (Å²) < 4.78 is 11.9. The molecule has 0 bridgehead atoms. The van der Waals surface area contributed by atoms with E-state index in [4.69, 9.17) is 14.5 Å². The van der Waals surface area contributed by atoms with Crippen LogP contribution < -0.4 is 9.64 Å². The van der Waals surface area contributed by atoms with Crippen molar-refractivity contribution in [2.24, 2.45) is 0 Å². The molecule has 5 rings (SSSR count). The summed E-state index contributed by atoms with van der Waals surface area (Å²) in [5.74, 6) is -0.598. The maximum Gasteiger partial charge on any atom is 0.262 e. The topological polar surface area (TPSA) is 92.3 Å². The van der Waals surface area contributed by atoms with Crippen molar-refractivity contribution in [1.82, 2.24) is 14.8 Å². The second kappa shape index (κ2) is 10.3. The number of aromatic nitrogens is 1. The van der Waals surface area contributed by atoms with Crippen LogP contribution >= 0.6 is 11.3 Å². The number of thiazole rings is 1. The molecule has 0 spiro atoms. The molecule has 0 radical (unpaired) electrons. The average Bonchev–Trinajstić information content (AvgIpc) is 3.44. The largest absolute Gasteiger partial charge is 0.494 e. The third-order valence-corrected chi connectivity index (χ3v) is 7.79. The van der Waals surface area contributed by atoms with Crippen molar-refractivity contribution >= 4 is 44.4 Å². The van der Waals surface area contributed by atoms with Gasteiger partial charge in [-0.2, -0.15) is 0 Å². The molecule has 10 heteroatoms. The molecule has 0 saturated carbocycles. The number of hydrogen-bond acceptors (Lipinski definition) is 8. The number of morpholine rings is 1. The van der Waals surface area contributed by atoms with Gasteiger partial charge < -0.3 is 9.47 Å². The van der Waals surface area contributed by atoms with Gasteiger partial charge in [0.2, 0.25) is 5.91 Å². The lowest BCUT2D eigenvalue weighted by Crippen LogP contribution is -2.44. The van der Waals surface area contributed by atoms with E-state index in [9.17, 15) is 14.4 Å². The number of fused-ring (bicyclic) bond motifs is 2. The Morgan fingerprint density at radius 3 is 2.47 bits per heavy atom. The summed E-state index contributed by atoms with van der Waals surface area (Å²) in [6.07, 6.45) is 0.722. The number of carbonyl (C=O) groups is 3. The molecular formula is C26H28N4O5S. The highest BCUT2D eigenvalue weighted by Gasteiger charge is 2.37. The summed E-state index contributed by atoms with van der Waals surface area (Å²) in [6.45, 7) is 6.02. The SMILES string of the molecule is COc1ccc(C)c2sc(N(CCCN3CCOCC3)C(=O)CN3C(=O)c4ccccc4C3=O)nc12. The van der Waals surface area contributed by atoms with Crippen molar-refractivity contribution in [3.05, 3.63) is 53.1 Å². The zero-order chi connectivity index (χ0) is 25.2. The number of methoxy groups -OCH3 is 1. The van der Waals surface area contributed by atoms with Crippen molar-refractivity contribution in [2.45, 2.75) is 13.3 Å². The third kappa shape index (κ3) is 4.59. The van der Waals surface area contributed by atoms with E-state index in [1.54, 1.807) is 36.3 Å². The Bertz CT molecular complexity index is 1280. The van der Waals surface area contributed by atoms with Gasteiger partial charge in [0.25, 0.3) is 11.8 Å². The first-order valence-corrected chi connectivity index (χ1v) is 12.8. The molecule has 2 aromatic carbocycles. The number of ether oxygens (including phenoxy) is 2. The number of aryl methyl sites for hydroxylation is 1. The molecule has 2 aliphatic rings. The van der Waals surface area contributed by atoms with Gasteiger partial charge in [0.15, 0.2) is 5.13 Å². The molecule has 9 nitrogen and oxygen atoms in total. The fourth-order valence-electron chi connectivity index (χ4n) is 4.59. The molecule has 3 aromatic rings. The second-order valence-corrected chi connectivity index (χ2v) is 9.83. The van der Waals surface area contributed by atoms with Crippen molar-refractivity contribution in [2.75, 3.05) is 57.9 Å². The molecule has 2 aliphatic heterocycles. The average molecular weight is 509 g/mol. The smallest absolute Gasteiger partial charge is 0.262 e. The maximum atomic E-state index is 13.6. The number of nitrogens with zero attached hydrogens (tertiary/aromatic N) is 4. The Hall–Kier alpha value is -3.34. The van der Waals surface area contributed by atoms with Gasteiger partial charge in [-0.15, -0.1) is 0 Å². The van der Waals surface area contributed by atoms with E-state index in [0.717, 1.165) is 41.2 Å². The molecule has 0 unspecified atom stereocenters. The molecule has 1 saturated heterocycles. The number of anilines is 1. The molecule has 0 atom stereocenters. The zero-order valence-corrected chi connectivity index (χ0v) is 21.2. The fraction of sp³-hybridized carbons (Fsp3) is 0.385. The van der Waals surface area contributed by atoms with Crippen molar-refractivity contribution in [3.63, 3.8) is 0 Å². The molecule has 1 fully saturated rings. The number of benzene rings is 2. The van der Waals surface area contributed by atoms with E-state index in [1.807, 2.05) is 19.1 Å². The van der Waals surface area contributed by atoms with Gasteiger partial charge in [-0.3, -0.25) is 29.1 Å². The van der Waals surface area contributed by atoms with Gasteiger partial charge in [0, 0.05) is 26.2 Å². The number of imide groups is 1. The minimum absolute atomic E-state index is 0.328. The number of hydrogen-bond donors (Lipinski definition) is 0. The van der Waals surface area contributed by atoms with Crippen LogP contribution in [0.1, 0.15) is 32.7 Å². The summed E-state index contributed by atoms with van der Waals surface area (Å²) in [5, 5.41) is 0.529. The number of amides is 3. The first kappa shape index (κ1) is 24.4. The van der Waals surface area contributed by atoms with Crippen LogP contribution in [0.2, 0.25) is 0 Å². The first-order chi connectivity index (χ1) is 17.5. The lowest BCUT2D eigenvalue weighted by atomic mass is 10.1. The molecule has 3 amide bonds. The van der Waals surface area contributed by atoms with E-state index in [2.05, 4.69) is 4.90 Å². The molecule has 0 N–H and O–H groups in total. The molecule has 0 aliphatic carbocycles. The van der Waals surface area contributed by atoms with E-state index in [1.165, 1.54) is 11.3 Å². The molecular weight excluding hydrogens is 480 g/mol. The summed E-state index contributed by atoms with van der Waals surface area (Å²) in [4.78, 5) is 49.1. The Morgan fingerprint density at radius 1 is 1.11 bits per heavy atom. The van der Waals surface area contributed by atoms with E-state index >= 15 is 0 Å². The highest BCUT2D eigenvalue weighted by molar-refractivity contribution is 7.22. The normalized spacial score (nSPS) is 16.0. The molecule has 36 heavy (non-hydrogen) atoms. The van der Waals surface area contributed by atoms with Gasteiger partial charge in [-0.1, -0.05) is 29.5 Å². The summed E-state index contributed by atoms with van der Waals surface area (Å²) >= 11 is 1.41. The van der Waals surface area contributed by atoms with Crippen LogP contribution in [-0.2, 0) is 9.53 Å². The maximum absolute atomic E-state index is 13.6. The minimum atomic E-state index is -0.445. The standard InChI is InChI=1S/C26H28N4O5S/c1-17-8-9-20(34-2)22-23(17)36-26(27-22)29(11-5-10-28-12-14-35-15-13-28)21(31)16-30-24(32)18-6-3-4-7-19(18)25(30)33/h3-4,6-9H,5,10-16H2,1-2H3. The highest BCUT2D eigenvalue weighted by Crippen LogP contribution is 2.36. The van der Waals surface area contributed by atoms with Gasteiger partial charge >= 0.3 is 0 Å². The van der Waals surface area contributed by atoms with E-state index < -0.39 is 11.8 Å². The first-order valence-electron chi connectivity index (χ1n) is 12.0. The Morgan fingerprint density at radius 2 is 1.81 bits per heavy atom. The molecule has 1 aromatic heterocycles. The Labute approximate surface area is 213 Å². The van der Waals surface area contributed by atoms with Crippen LogP contribution in [0.5, 0.6) is 5.75 Å². The van der Waals surface area contributed by atoms with Crippen LogP contribution in [-0.4, -0.2) is 85.6 Å². The number of rotatable bonds is 8. The Kier molecular flexibility index (Phi) is 6.99. The van der Waals surface area contributed by atoms with Crippen molar-refractivity contribution in [1.29, 1.82) is 0 Å². The van der Waals surface area contributed by atoms with Crippen LogP contribution in [0, 0.1) is 6.92 Å². The van der Waals surface area contributed by atoms with Gasteiger partial charge in [0.05, 0.1) is 36.2 Å². The van der Waals surface area contributed by atoms with Crippen LogP contribution in [0.3, 0.4) is 0 Å². The van der Waals surface area contributed by atoms with Gasteiger partial charge in [-0.05, 0) is 37.1 Å². The predicted octanol–water partition coefficient (Wildman–Crippen LogP) is 2.96. The van der Waals surface area contributed by atoms with Crippen LogP contribution in [0.4, 0.5) is 5.13 Å². The van der Waals surface area contributed by atoms with Crippen LogP contribution in [0.15, 0.2) is 36.4 Å². The molecule has 188 valence electrons. The van der Waals surface area contributed by atoms with E-state index in [0.29, 0.717) is 47.3 Å². The van der Waals surface area contributed by atoms with Gasteiger partial charge in [0.1, 0.15) is 17.8 Å². The summed E-state index contributed by atoms with van der Waals surface area (Å²) in [7, 11) is 1.59. The van der Waals surface area contributed by atoms with E-state index in [-0.39, 0.29) is 12.5 Å². The fourth-order valence-corrected chi connectivity index (χ4v) is 5.68. The summed E-state index contributed by atoms with van der Waals surface area (Å²) in [5.41, 5.74) is 2.39. The monoisotopic (exact) mass is 508 g/mol. The van der Waals surface area contributed by atoms with Crippen molar-refractivity contribution < 1.29 is 23.9 Å². The quantitative estimate of drug-likeness (QED) is 0.432. The Balaban J connectivity index is 1.40. The predicted molar refractivity (Wildman–Crippen MR) is 137 cm³/mol. The molecule has 3 heterocycles. The number of carbonyl (C=O) groups excluding carboxylic acids is 3. The lowest BCUT2D eigenvalue weighted by Gasteiger charge is -2.28. The van der Waals surface area contributed by atoms with Gasteiger partial charge in [-0.25, -0.2) is 4.98 Å². The van der Waals surface area contributed by atoms with Crippen molar-refractivity contribution in [3.8, 4) is 5.75 Å². The minimum Gasteiger partial charge on any atom is -0.494 e. The summed E-state index contributed by atoms with van der Waals surface area (Å²) in [6, 6.07) is 10.5.